The second-order valence-corrected chi connectivity index (χ2v) is 3.57. The van der Waals surface area contributed by atoms with E-state index in [1.54, 1.807) is 0 Å². The van der Waals surface area contributed by atoms with E-state index in [4.69, 9.17) is 5.73 Å². The zero-order valence-corrected chi connectivity index (χ0v) is 8.81. The maximum atomic E-state index is 10.4. The molecule has 0 aromatic carbocycles. The lowest BCUT2D eigenvalue weighted by molar-refractivity contribution is -0.118. The van der Waals surface area contributed by atoms with Crippen LogP contribution in [0.1, 0.15) is 46.0 Å². The monoisotopic (exact) mass is 186 g/mol. The third-order valence-corrected chi connectivity index (χ3v) is 2.06. The summed E-state index contributed by atoms with van der Waals surface area (Å²) in [5, 5.41) is 3.41. The van der Waals surface area contributed by atoms with Gasteiger partial charge in [0.2, 0.25) is 5.91 Å². The quantitative estimate of drug-likeness (QED) is 0.563. The Morgan fingerprint density at radius 1 is 1.46 bits per heavy atom. The maximum Gasteiger partial charge on any atom is 0.217 e. The maximum absolute atomic E-state index is 10.4. The number of carbonyl (C=O) groups excluding carboxylic acids is 1. The van der Waals surface area contributed by atoms with Crippen LogP contribution in [0.4, 0.5) is 0 Å². The third-order valence-electron chi connectivity index (χ3n) is 2.06. The Kier molecular flexibility index (Phi) is 7.69. The Morgan fingerprint density at radius 3 is 2.69 bits per heavy atom. The van der Waals surface area contributed by atoms with Gasteiger partial charge in [0.15, 0.2) is 0 Å². The number of amides is 1. The molecule has 78 valence electrons. The predicted molar refractivity (Wildman–Crippen MR) is 55.4 cm³/mol. The summed E-state index contributed by atoms with van der Waals surface area (Å²) in [6, 6.07) is 0.596. The third kappa shape index (κ3) is 9.34. The van der Waals surface area contributed by atoms with Gasteiger partial charge in [0.05, 0.1) is 0 Å². The van der Waals surface area contributed by atoms with Crippen LogP contribution in [0.25, 0.3) is 0 Å². The first-order valence-electron chi connectivity index (χ1n) is 5.18. The smallest absolute Gasteiger partial charge is 0.217 e. The molecule has 0 rings (SSSR count). The Bertz CT molecular complexity index is 137. The van der Waals surface area contributed by atoms with E-state index in [1.165, 1.54) is 12.8 Å². The van der Waals surface area contributed by atoms with E-state index in [1.807, 2.05) is 0 Å². The van der Waals surface area contributed by atoms with Crippen molar-refractivity contribution < 1.29 is 4.79 Å². The SMILES string of the molecule is CCCC(C)NCCCCC(N)=O. The van der Waals surface area contributed by atoms with Crippen LogP contribution < -0.4 is 11.1 Å². The second kappa shape index (κ2) is 8.05. The van der Waals surface area contributed by atoms with E-state index in [0.717, 1.165) is 19.4 Å². The Hall–Kier alpha value is -0.570. The summed E-state index contributed by atoms with van der Waals surface area (Å²) in [6.07, 6.45) is 4.90. The van der Waals surface area contributed by atoms with E-state index < -0.39 is 0 Å². The summed E-state index contributed by atoms with van der Waals surface area (Å²) in [5.41, 5.74) is 5.02. The first-order valence-corrected chi connectivity index (χ1v) is 5.18. The molecule has 1 amide bonds. The first-order chi connectivity index (χ1) is 6.16. The number of nitrogens with one attached hydrogen (secondary N) is 1. The average molecular weight is 186 g/mol. The minimum Gasteiger partial charge on any atom is -0.370 e. The number of primary amides is 1. The van der Waals surface area contributed by atoms with Crippen molar-refractivity contribution in [2.24, 2.45) is 5.73 Å². The van der Waals surface area contributed by atoms with Gasteiger partial charge in [0.25, 0.3) is 0 Å². The van der Waals surface area contributed by atoms with Crippen LogP contribution in [0.5, 0.6) is 0 Å². The highest BCUT2D eigenvalue weighted by molar-refractivity contribution is 5.73. The number of rotatable bonds is 8. The standard InChI is InChI=1S/C10H22N2O/c1-3-6-9(2)12-8-5-4-7-10(11)13/h9,12H,3-8H2,1-2H3,(H2,11,13). The number of hydrogen-bond donors (Lipinski definition) is 2. The summed E-state index contributed by atoms with van der Waals surface area (Å²) in [4.78, 5) is 10.4. The van der Waals surface area contributed by atoms with Crippen LogP contribution >= 0.6 is 0 Å². The molecule has 0 saturated heterocycles. The van der Waals surface area contributed by atoms with Gasteiger partial charge in [-0.1, -0.05) is 13.3 Å². The normalized spacial score (nSPS) is 12.8. The van der Waals surface area contributed by atoms with E-state index in [0.29, 0.717) is 12.5 Å². The van der Waals surface area contributed by atoms with Crippen molar-refractivity contribution in [2.75, 3.05) is 6.54 Å². The molecule has 3 heteroatoms. The van der Waals surface area contributed by atoms with Gasteiger partial charge in [-0.05, 0) is 32.7 Å². The molecule has 0 radical (unpaired) electrons. The molecule has 0 heterocycles. The average Bonchev–Trinajstić information content (AvgIpc) is 2.03. The highest BCUT2D eigenvalue weighted by Gasteiger charge is 1.98. The van der Waals surface area contributed by atoms with Crippen LogP contribution in [-0.2, 0) is 4.79 Å². The minimum atomic E-state index is -0.193. The van der Waals surface area contributed by atoms with Crippen molar-refractivity contribution in [1.29, 1.82) is 0 Å². The fraction of sp³-hybridized carbons (Fsp3) is 0.900. The van der Waals surface area contributed by atoms with Crippen molar-refractivity contribution in [3.8, 4) is 0 Å². The van der Waals surface area contributed by atoms with Gasteiger partial charge < -0.3 is 11.1 Å². The summed E-state index contributed by atoms with van der Waals surface area (Å²) in [5.74, 6) is -0.193. The fourth-order valence-electron chi connectivity index (χ4n) is 1.31. The summed E-state index contributed by atoms with van der Waals surface area (Å²) in [7, 11) is 0. The Labute approximate surface area is 81.1 Å². The molecule has 3 nitrogen and oxygen atoms in total. The van der Waals surface area contributed by atoms with Crippen LogP contribution in [0.15, 0.2) is 0 Å². The largest absolute Gasteiger partial charge is 0.370 e. The van der Waals surface area contributed by atoms with Gasteiger partial charge in [-0.15, -0.1) is 0 Å². The lowest BCUT2D eigenvalue weighted by Gasteiger charge is -2.11. The zero-order chi connectivity index (χ0) is 10.1. The Balaban J connectivity index is 3.11. The van der Waals surface area contributed by atoms with Crippen molar-refractivity contribution >= 4 is 5.91 Å². The van der Waals surface area contributed by atoms with Gasteiger partial charge >= 0.3 is 0 Å². The Morgan fingerprint density at radius 2 is 2.15 bits per heavy atom. The lowest BCUT2D eigenvalue weighted by atomic mass is 10.2. The molecule has 0 spiro atoms. The number of nitrogens with two attached hydrogens (primary N) is 1. The molecule has 0 aliphatic carbocycles. The lowest BCUT2D eigenvalue weighted by Crippen LogP contribution is -2.26. The van der Waals surface area contributed by atoms with Gasteiger partial charge in [0.1, 0.15) is 0 Å². The highest BCUT2D eigenvalue weighted by Crippen LogP contribution is 1.97. The molecule has 0 aliphatic rings. The molecule has 0 saturated carbocycles. The molecule has 0 fully saturated rings. The van der Waals surface area contributed by atoms with Crippen molar-refractivity contribution in [3.05, 3.63) is 0 Å². The molecular formula is C10H22N2O. The van der Waals surface area contributed by atoms with Crippen LogP contribution in [-0.4, -0.2) is 18.5 Å². The molecule has 13 heavy (non-hydrogen) atoms. The molecular weight excluding hydrogens is 164 g/mol. The van der Waals surface area contributed by atoms with Crippen molar-refractivity contribution in [1.82, 2.24) is 5.32 Å². The van der Waals surface area contributed by atoms with E-state index >= 15 is 0 Å². The number of carbonyl (C=O) groups is 1. The number of unbranched alkanes of at least 4 members (excludes halogenated alkanes) is 1. The van der Waals surface area contributed by atoms with E-state index in [-0.39, 0.29) is 5.91 Å². The predicted octanol–water partition coefficient (Wildman–Crippen LogP) is 1.42. The van der Waals surface area contributed by atoms with Gasteiger partial charge in [0, 0.05) is 12.5 Å². The molecule has 0 aromatic heterocycles. The molecule has 0 aromatic rings. The fourth-order valence-corrected chi connectivity index (χ4v) is 1.31. The van der Waals surface area contributed by atoms with Gasteiger partial charge in [-0.2, -0.15) is 0 Å². The van der Waals surface area contributed by atoms with Crippen molar-refractivity contribution in [3.63, 3.8) is 0 Å². The summed E-state index contributed by atoms with van der Waals surface area (Å²) < 4.78 is 0. The highest BCUT2D eigenvalue weighted by atomic mass is 16.1. The van der Waals surface area contributed by atoms with Crippen LogP contribution in [0.3, 0.4) is 0 Å². The van der Waals surface area contributed by atoms with Gasteiger partial charge in [-0.25, -0.2) is 0 Å². The molecule has 3 N–H and O–H groups in total. The van der Waals surface area contributed by atoms with Crippen LogP contribution in [0.2, 0.25) is 0 Å². The molecule has 1 unspecified atom stereocenters. The molecule has 0 bridgehead atoms. The summed E-state index contributed by atoms with van der Waals surface area (Å²) >= 11 is 0. The van der Waals surface area contributed by atoms with Gasteiger partial charge in [-0.3, -0.25) is 4.79 Å². The molecule has 1 atom stereocenters. The number of hydrogen-bond acceptors (Lipinski definition) is 2. The first kappa shape index (κ1) is 12.4. The topological polar surface area (TPSA) is 55.1 Å². The van der Waals surface area contributed by atoms with Crippen molar-refractivity contribution in [2.45, 2.75) is 52.0 Å². The molecule has 0 aliphatic heterocycles. The second-order valence-electron chi connectivity index (χ2n) is 3.57. The van der Waals surface area contributed by atoms with E-state index in [9.17, 15) is 4.79 Å². The minimum absolute atomic E-state index is 0.193. The zero-order valence-electron chi connectivity index (χ0n) is 8.81. The van der Waals surface area contributed by atoms with E-state index in [2.05, 4.69) is 19.2 Å². The summed E-state index contributed by atoms with van der Waals surface area (Å²) in [6.45, 7) is 5.37. The van der Waals surface area contributed by atoms with Crippen LogP contribution in [0, 0.1) is 0 Å².